The number of thiophene rings is 1. The Balaban J connectivity index is 2.07. The maximum absolute atomic E-state index is 12.6. The van der Waals surface area contributed by atoms with Gasteiger partial charge in [-0.1, -0.05) is 32.0 Å². The van der Waals surface area contributed by atoms with Crippen molar-refractivity contribution >= 4 is 34.8 Å². The third-order valence-corrected chi connectivity index (χ3v) is 4.40. The first-order valence-corrected chi connectivity index (χ1v) is 8.70. The van der Waals surface area contributed by atoms with Crippen LogP contribution in [0.1, 0.15) is 29.1 Å². The molecule has 1 heterocycles. The minimum Gasteiger partial charge on any atom is -0.481 e. The van der Waals surface area contributed by atoms with Gasteiger partial charge in [0.1, 0.15) is 6.04 Å². The highest BCUT2D eigenvalue weighted by atomic mass is 32.1. The Kier molecular flexibility index (Phi) is 6.30. The van der Waals surface area contributed by atoms with Gasteiger partial charge in [-0.3, -0.25) is 14.4 Å². The highest BCUT2D eigenvalue weighted by molar-refractivity contribution is 7.12. The molecule has 2 amide bonds. The average molecular weight is 360 g/mol. The van der Waals surface area contributed by atoms with Crippen molar-refractivity contribution in [3.8, 4) is 0 Å². The molecule has 1 aromatic heterocycles. The van der Waals surface area contributed by atoms with Crippen LogP contribution in [0, 0.1) is 5.92 Å². The second-order valence-electron chi connectivity index (χ2n) is 5.93. The molecular formula is C18H20N2O4S. The van der Waals surface area contributed by atoms with Crippen LogP contribution in [0.4, 0.5) is 5.69 Å². The molecule has 132 valence electrons. The number of aliphatic carboxylic acids is 1. The molecular weight excluding hydrogens is 340 g/mol. The van der Waals surface area contributed by atoms with Crippen LogP contribution in [0.5, 0.6) is 0 Å². The summed E-state index contributed by atoms with van der Waals surface area (Å²) in [6, 6.07) is 9.44. The average Bonchev–Trinajstić information content (AvgIpc) is 3.06. The number of benzene rings is 1. The van der Waals surface area contributed by atoms with E-state index in [0.717, 1.165) is 0 Å². The van der Waals surface area contributed by atoms with Crippen LogP contribution < -0.4 is 10.6 Å². The first kappa shape index (κ1) is 18.7. The molecule has 0 aliphatic rings. The van der Waals surface area contributed by atoms with Crippen LogP contribution in [0.2, 0.25) is 0 Å². The lowest BCUT2D eigenvalue weighted by Crippen LogP contribution is -2.46. The maximum atomic E-state index is 12.6. The van der Waals surface area contributed by atoms with Crippen LogP contribution in [0.15, 0.2) is 41.8 Å². The van der Waals surface area contributed by atoms with Crippen molar-refractivity contribution in [3.63, 3.8) is 0 Å². The summed E-state index contributed by atoms with van der Waals surface area (Å²) in [5.41, 5.74) is 1.09. The van der Waals surface area contributed by atoms with Crippen molar-refractivity contribution in [1.82, 2.24) is 5.32 Å². The van der Waals surface area contributed by atoms with Crippen LogP contribution in [-0.4, -0.2) is 28.9 Å². The predicted molar refractivity (Wildman–Crippen MR) is 96.8 cm³/mol. The van der Waals surface area contributed by atoms with Gasteiger partial charge in [0.25, 0.3) is 5.91 Å². The Morgan fingerprint density at radius 2 is 1.92 bits per heavy atom. The van der Waals surface area contributed by atoms with Gasteiger partial charge in [-0.15, -0.1) is 11.3 Å². The SMILES string of the molecule is CC(C)C(NC(=O)c1cccs1)C(=O)Nc1cccc(CC(=O)O)c1. The summed E-state index contributed by atoms with van der Waals surface area (Å²) >= 11 is 1.31. The molecule has 6 nitrogen and oxygen atoms in total. The van der Waals surface area contributed by atoms with Gasteiger partial charge in [-0.05, 0) is 35.1 Å². The summed E-state index contributed by atoms with van der Waals surface area (Å²) in [5, 5.41) is 16.2. The van der Waals surface area contributed by atoms with Gasteiger partial charge in [0, 0.05) is 5.69 Å². The number of carboxylic acids is 1. The molecule has 1 unspecified atom stereocenters. The molecule has 0 aliphatic heterocycles. The molecule has 0 fully saturated rings. The Morgan fingerprint density at radius 3 is 2.52 bits per heavy atom. The van der Waals surface area contributed by atoms with Crippen molar-refractivity contribution in [3.05, 3.63) is 52.2 Å². The number of rotatable bonds is 7. The Labute approximate surface area is 149 Å². The summed E-state index contributed by atoms with van der Waals surface area (Å²) in [6.07, 6.45) is -0.119. The zero-order valence-electron chi connectivity index (χ0n) is 14.0. The van der Waals surface area contributed by atoms with E-state index in [1.807, 2.05) is 13.8 Å². The molecule has 25 heavy (non-hydrogen) atoms. The summed E-state index contributed by atoms with van der Waals surface area (Å²) in [5.74, 6) is -1.67. The fraction of sp³-hybridized carbons (Fsp3) is 0.278. The molecule has 0 bridgehead atoms. The Bertz CT molecular complexity index is 756. The van der Waals surface area contributed by atoms with Crippen molar-refractivity contribution < 1.29 is 19.5 Å². The third-order valence-electron chi connectivity index (χ3n) is 3.53. The van der Waals surface area contributed by atoms with E-state index >= 15 is 0 Å². The normalized spacial score (nSPS) is 11.8. The second-order valence-corrected chi connectivity index (χ2v) is 6.88. The van der Waals surface area contributed by atoms with Crippen LogP contribution in [-0.2, 0) is 16.0 Å². The van der Waals surface area contributed by atoms with Gasteiger partial charge in [0.05, 0.1) is 11.3 Å². The van der Waals surface area contributed by atoms with E-state index < -0.39 is 12.0 Å². The van der Waals surface area contributed by atoms with E-state index in [1.165, 1.54) is 11.3 Å². The van der Waals surface area contributed by atoms with E-state index in [-0.39, 0.29) is 24.2 Å². The van der Waals surface area contributed by atoms with E-state index in [2.05, 4.69) is 10.6 Å². The fourth-order valence-corrected chi connectivity index (χ4v) is 2.94. The zero-order valence-corrected chi connectivity index (χ0v) is 14.8. The number of carbonyl (C=O) groups excluding carboxylic acids is 2. The van der Waals surface area contributed by atoms with E-state index in [1.54, 1.807) is 41.8 Å². The minimum absolute atomic E-state index is 0.105. The molecule has 0 spiro atoms. The van der Waals surface area contributed by atoms with Gasteiger partial charge in [0.15, 0.2) is 0 Å². The van der Waals surface area contributed by atoms with Crippen LogP contribution >= 0.6 is 11.3 Å². The minimum atomic E-state index is -0.938. The molecule has 0 radical (unpaired) electrons. The predicted octanol–water partition coefficient (Wildman–Crippen LogP) is 2.77. The number of amides is 2. The molecule has 2 aromatic rings. The molecule has 0 saturated heterocycles. The molecule has 1 atom stereocenters. The summed E-state index contributed by atoms with van der Waals surface area (Å²) in [6.45, 7) is 3.69. The molecule has 7 heteroatoms. The zero-order chi connectivity index (χ0) is 18.4. The summed E-state index contributed by atoms with van der Waals surface area (Å²) in [4.78, 5) is 36.1. The number of hydrogen-bond acceptors (Lipinski definition) is 4. The largest absolute Gasteiger partial charge is 0.481 e. The molecule has 2 rings (SSSR count). The van der Waals surface area contributed by atoms with E-state index in [4.69, 9.17) is 5.11 Å². The van der Waals surface area contributed by atoms with Crippen molar-refractivity contribution in [2.45, 2.75) is 26.3 Å². The molecule has 3 N–H and O–H groups in total. The fourth-order valence-electron chi connectivity index (χ4n) is 2.31. The Morgan fingerprint density at radius 1 is 1.16 bits per heavy atom. The quantitative estimate of drug-likeness (QED) is 0.707. The molecule has 0 saturated carbocycles. The van der Waals surface area contributed by atoms with Crippen molar-refractivity contribution in [1.29, 1.82) is 0 Å². The number of hydrogen-bond donors (Lipinski definition) is 3. The van der Waals surface area contributed by atoms with Gasteiger partial charge < -0.3 is 15.7 Å². The standard InChI is InChI=1S/C18H20N2O4S/c1-11(2)16(20-17(23)14-7-4-8-25-14)18(24)19-13-6-3-5-12(9-13)10-15(21)22/h3-9,11,16H,10H2,1-2H3,(H,19,24)(H,20,23)(H,21,22). The highest BCUT2D eigenvalue weighted by Gasteiger charge is 2.25. The summed E-state index contributed by atoms with van der Waals surface area (Å²) < 4.78 is 0. The lowest BCUT2D eigenvalue weighted by atomic mass is 10.0. The lowest BCUT2D eigenvalue weighted by molar-refractivity contribution is -0.136. The van der Waals surface area contributed by atoms with E-state index in [9.17, 15) is 14.4 Å². The van der Waals surface area contributed by atoms with E-state index in [0.29, 0.717) is 16.1 Å². The number of carboxylic acid groups (broad SMARTS) is 1. The monoisotopic (exact) mass is 360 g/mol. The van der Waals surface area contributed by atoms with Crippen LogP contribution in [0.25, 0.3) is 0 Å². The summed E-state index contributed by atoms with van der Waals surface area (Å²) in [7, 11) is 0. The molecule has 1 aromatic carbocycles. The van der Waals surface area contributed by atoms with Gasteiger partial charge >= 0.3 is 5.97 Å². The van der Waals surface area contributed by atoms with Gasteiger partial charge in [0.2, 0.25) is 5.91 Å². The van der Waals surface area contributed by atoms with Crippen molar-refractivity contribution in [2.24, 2.45) is 5.92 Å². The molecule has 0 aliphatic carbocycles. The highest BCUT2D eigenvalue weighted by Crippen LogP contribution is 2.14. The Hall–Kier alpha value is -2.67. The third kappa shape index (κ3) is 5.42. The number of carbonyl (C=O) groups is 3. The first-order valence-electron chi connectivity index (χ1n) is 7.83. The topological polar surface area (TPSA) is 95.5 Å². The van der Waals surface area contributed by atoms with Crippen molar-refractivity contribution in [2.75, 3.05) is 5.32 Å². The second kappa shape index (κ2) is 8.43. The number of nitrogens with one attached hydrogen (secondary N) is 2. The van der Waals surface area contributed by atoms with Gasteiger partial charge in [-0.25, -0.2) is 0 Å². The van der Waals surface area contributed by atoms with Crippen LogP contribution in [0.3, 0.4) is 0 Å². The smallest absolute Gasteiger partial charge is 0.307 e. The maximum Gasteiger partial charge on any atom is 0.307 e. The van der Waals surface area contributed by atoms with Gasteiger partial charge in [-0.2, -0.15) is 0 Å². The first-order chi connectivity index (χ1) is 11.9. The number of anilines is 1. The lowest BCUT2D eigenvalue weighted by Gasteiger charge is -2.21.